The second kappa shape index (κ2) is 2.77. The second-order valence-corrected chi connectivity index (χ2v) is 3.83. The van der Waals surface area contributed by atoms with Gasteiger partial charge in [0.05, 0.1) is 5.02 Å². The average molecular weight is 200 g/mol. The van der Waals surface area contributed by atoms with Crippen molar-refractivity contribution in [3.05, 3.63) is 22.0 Å². The van der Waals surface area contributed by atoms with Crippen molar-refractivity contribution in [2.24, 2.45) is 0 Å². The van der Waals surface area contributed by atoms with Gasteiger partial charge < -0.3 is 10.1 Å². The van der Waals surface area contributed by atoms with E-state index >= 15 is 0 Å². The number of carboxylic acid groups (broad SMARTS) is 1. The molecule has 3 nitrogen and oxygen atoms in total. The first-order valence-corrected chi connectivity index (χ1v) is 4.62. The predicted molar refractivity (Wildman–Crippen MR) is 49.5 cm³/mol. The Morgan fingerprint density at radius 3 is 2.92 bits per heavy atom. The monoisotopic (exact) mass is 199 g/mol. The Kier molecular flexibility index (Phi) is 1.84. The van der Waals surface area contributed by atoms with Crippen LogP contribution in [0.2, 0.25) is 5.02 Å². The Morgan fingerprint density at radius 1 is 1.69 bits per heavy atom. The third kappa shape index (κ3) is 1.15. The summed E-state index contributed by atoms with van der Waals surface area (Å²) in [5, 5.41) is 9.19. The molecule has 4 heteroatoms. The highest BCUT2D eigenvalue weighted by molar-refractivity contribution is 6.34. The van der Waals surface area contributed by atoms with Crippen molar-refractivity contribution in [2.75, 3.05) is 0 Å². The lowest BCUT2D eigenvalue weighted by atomic mass is 10.1. The normalized spacial score (nSPS) is 20.3. The van der Waals surface area contributed by atoms with Crippen LogP contribution in [-0.2, 0) is 6.42 Å². The Morgan fingerprint density at radius 2 is 2.38 bits per heavy atom. The summed E-state index contributed by atoms with van der Waals surface area (Å²) in [5.74, 6) is -0.577. The van der Waals surface area contributed by atoms with E-state index in [-0.39, 0.29) is 5.69 Å². The third-order valence-corrected chi connectivity index (χ3v) is 3.02. The van der Waals surface area contributed by atoms with E-state index in [0.29, 0.717) is 10.9 Å². The highest BCUT2D eigenvalue weighted by atomic mass is 35.5. The molecule has 0 saturated heterocycles. The van der Waals surface area contributed by atoms with Crippen LogP contribution in [0.25, 0.3) is 0 Å². The van der Waals surface area contributed by atoms with Crippen molar-refractivity contribution in [1.29, 1.82) is 0 Å². The molecule has 1 aromatic heterocycles. The number of nitrogens with one attached hydrogen (secondary N) is 1. The summed E-state index contributed by atoms with van der Waals surface area (Å²) >= 11 is 5.92. The molecular formula is C9H10ClNO2. The van der Waals surface area contributed by atoms with Crippen LogP contribution in [0, 0.1) is 0 Å². The number of hydrogen-bond donors (Lipinski definition) is 2. The number of H-pyrrole nitrogens is 1. The van der Waals surface area contributed by atoms with Gasteiger partial charge in [-0.25, -0.2) is 4.79 Å². The van der Waals surface area contributed by atoms with Crippen LogP contribution in [0.3, 0.4) is 0 Å². The maximum absolute atomic E-state index is 10.7. The van der Waals surface area contributed by atoms with Crippen LogP contribution in [-0.4, -0.2) is 16.1 Å². The summed E-state index contributed by atoms with van der Waals surface area (Å²) in [6.07, 6.45) is 1.94. The molecule has 1 heterocycles. The molecule has 0 aliphatic heterocycles. The second-order valence-electron chi connectivity index (χ2n) is 3.45. The first kappa shape index (κ1) is 8.63. The molecule has 13 heavy (non-hydrogen) atoms. The molecule has 2 rings (SSSR count). The molecule has 1 aliphatic carbocycles. The molecule has 0 radical (unpaired) electrons. The zero-order valence-electron chi connectivity index (χ0n) is 7.22. The lowest BCUT2D eigenvalue weighted by molar-refractivity contribution is 0.0691. The Labute approximate surface area is 80.7 Å². The molecule has 0 amide bonds. The predicted octanol–water partition coefficient (Wildman–Crippen LogP) is 2.42. The number of halogens is 1. The van der Waals surface area contributed by atoms with E-state index in [9.17, 15) is 4.79 Å². The number of hydrogen-bond acceptors (Lipinski definition) is 1. The molecule has 70 valence electrons. The number of rotatable bonds is 1. The number of carbonyl (C=O) groups is 1. The molecule has 1 atom stereocenters. The zero-order chi connectivity index (χ0) is 9.59. The third-order valence-electron chi connectivity index (χ3n) is 2.60. The largest absolute Gasteiger partial charge is 0.477 e. The minimum absolute atomic E-state index is 0.137. The van der Waals surface area contributed by atoms with E-state index in [0.717, 1.165) is 24.1 Å². The van der Waals surface area contributed by atoms with E-state index in [4.69, 9.17) is 16.7 Å². The summed E-state index contributed by atoms with van der Waals surface area (Å²) in [7, 11) is 0. The van der Waals surface area contributed by atoms with Gasteiger partial charge in [0.15, 0.2) is 0 Å². The number of aromatic nitrogens is 1. The van der Waals surface area contributed by atoms with Gasteiger partial charge in [-0.05, 0) is 24.3 Å². The van der Waals surface area contributed by atoms with Gasteiger partial charge in [0.25, 0.3) is 0 Å². The van der Waals surface area contributed by atoms with Gasteiger partial charge in [0.2, 0.25) is 0 Å². The highest BCUT2D eigenvalue weighted by Crippen LogP contribution is 2.38. The minimum Gasteiger partial charge on any atom is -0.477 e. The molecule has 2 N–H and O–H groups in total. The van der Waals surface area contributed by atoms with Gasteiger partial charge in [-0.15, -0.1) is 0 Å². The van der Waals surface area contributed by atoms with Crippen molar-refractivity contribution < 1.29 is 9.90 Å². The summed E-state index contributed by atoms with van der Waals surface area (Å²) < 4.78 is 0. The Bertz CT molecular complexity index is 370. The van der Waals surface area contributed by atoms with Gasteiger partial charge >= 0.3 is 5.97 Å². The van der Waals surface area contributed by atoms with Crippen LogP contribution >= 0.6 is 11.6 Å². The van der Waals surface area contributed by atoms with E-state index in [1.54, 1.807) is 0 Å². The zero-order valence-corrected chi connectivity index (χ0v) is 7.98. The fourth-order valence-corrected chi connectivity index (χ4v) is 2.18. The first-order chi connectivity index (χ1) is 6.11. The molecule has 0 fully saturated rings. The van der Waals surface area contributed by atoms with Crippen molar-refractivity contribution >= 4 is 17.6 Å². The Hall–Kier alpha value is -0.960. The standard InChI is InChI=1S/C9H10ClNO2/c1-4-2-3-5-6(10)8(9(12)13)11-7(4)5/h4,11H,2-3H2,1H3,(H,12,13). The van der Waals surface area contributed by atoms with Gasteiger partial charge in [-0.3, -0.25) is 0 Å². The summed E-state index contributed by atoms with van der Waals surface area (Å²) in [4.78, 5) is 13.6. The SMILES string of the molecule is CC1CCc2c1[nH]c(C(=O)O)c2Cl. The van der Waals surface area contributed by atoms with Gasteiger partial charge in [0, 0.05) is 5.69 Å². The van der Waals surface area contributed by atoms with E-state index < -0.39 is 5.97 Å². The Balaban J connectivity index is 2.55. The maximum Gasteiger partial charge on any atom is 0.353 e. The lowest BCUT2D eigenvalue weighted by Crippen LogP contribution is -1.99. The molecular weight excluding hydrogens is 190 g/mol. The fraction of sp³-hybridized carbons (Fsp3) is 0.444. The van der Waals surface area contributed by atoms with Crippen LogP contribution in [0.1, 0.15) is 41.0 Å². The quantitative estimate of drug-likeness (QED) is 0.730. The lowest BCUT2D eigenvalue weighted by Gasteiger charge is -1.98. The van der Waals surface area contributed by atoms with Gasteiger partial charge in [0.1, 0.15) is 5.69 Å². The van der Waals surface area contributed by atoms with E-state index in [2.05, 4.69) is 11.9 Å². The van der Waals surface area contributed by atoms with Crippen molar-refractivity contribution in [1.82, 2.24) is 4.98 Å². The summed E-state index contributed by atoms with van der Waals surface area (Å²) in [5.41, 5.74) is 2.13. The molecule has 0 aromatic carbocycles. The molecule has 1 aromatic rings. The van der Waals surface area contributed by atoms with E-state index in [1.807, 2.05) is 0 Å². The molecule has 1 aliphatic rings. The molecule has 0 saturated carbocycles. The number of carboxylic acids is 1. The average Bonchev–Trinajstić information content (AvgIpc) is 2.55. The van der Waals surface area contributed by atoms with Gasteiger partial charge in [-0.1, -0.05) is 18.5 Å². The van der Waals surface area contributed by atoms with Gasteiger partial charge in [-0.2, -0.15) is 0 Å². The summed E-state index contributed by atoms with van der Waals surface area (Å²) in [6, 6.07) is 0. The fourth-order valence-electron chi connectivity index (χ4n) is 1.85. The number of aromatic carboxylic acids is 1. The number of fused-ring (bicyclic) bond motifs is 1. The van der Waals surface area contributed by atoms with Crippen molar-refractivity contribution in [3.8, 4) is 0 Å². The topological polar surface area (TPSA) is 53.1 Å². The molecule has 0 spiro atoms. The van der Waals surface area contributed by atoms with Crippen LogP contribution in [0.4, 0.5) is 0 Å². The molecule has 0 bridgehead atoms. The highest BCUT2D eigenvalue weighted by Gasteiger charge is 2.27. The minimum atomic E-state index is -0.980. The number of aromatic amines is 1. The summed E-state index contributed by atoms with van der Waals surface area (Å²) in [6.45, 7) is 2.07. The van der Waals surface area contributed by atoms with Crippen molar-refractivity contribution in [3.63, 3.8) is 0 Å². The van der Waals surface area contributed by atoms with Crippen molar-refractivity contribution in [2.45, 2.75) is 25.7 Å². The maximum atomic E-state index is 10.7. The van der Waals surface area contributed by atoms with Crippen LogP contribution in [0.15, 0.2) is 0 Å². The molecule has 1 unspecified atom stereocenters. The van der Waals surface area contributed by atoms with Crippen LogP contribution < -0.4 is 0 Å². The van der Waals surface area contributed by atoms with E-state index in [1.165, 1.54) is 0 Å². The first-order valence-electron chi connectivity index (χ1n) is 4.24. The smallest absolute Gasteiger partial charge is 0.353 e. The van der Waals surface area contributed by atoms with Crippen LogP contribution in [0.5, 0.6) is 0 Å².